The van der Waals surface area contributed by atoms with Crippen LogP contribution in [-0.2, 0) is 16.1 Å². The number of amides is 1. The number of aromatic nitrogens is 2. The van der Waals surface area contributed by atoms with Gasteiger partial charge in [0.15, 0.2) is 0 Å². The molecular weight excluding hydrogens is 234 g/mol. The summed E-state index contributed by atoms with van der Waals surface area (Å²) in [4.78, 5) is 12.0. The predicted octanol–water partition coefficient (Wildman–Crippen LogP) is 0.690. The topological polar surface area (TPSA) is 76.4 Å². The predicted molar refractivity (Wildman–Crippen MR) is 66.2 cm³/mol. The van der Waals surface area contributed by atoms with Gasteiger partial charge in [0.05, 0.1) is 30.6 Å². The van der Waals surface area contributed by atoms with Gasteiger partial charge in [-0.05, 0) is 26.7 Å². The minimum atomic E-state index is -0.361. The summed E-state index contributed by atoms with van der Waals surface area (Å²) in [5.41, 5.74) is 1.42. The Bertz CT molecular complexity index is 430. The van der Waals surface area contributed by atoms with E-state index >= 15 is 0 Å². The molecule has 6 nitrogen and oxygen atoms in total. The summed E-state index contributed by atoms with van der Waals surface area (Å²) in [6, 6.07) is 0. The highest BCUT2D eigenvalue weighted by atomic mass is 16.5. The first kappa shape index (κ1) is 13.0. The summed E-state index contributed by atoms with van der Waals surface area (Å²) in [5.74, 6) is -0.119. The Morgan fingerprint density at radius 3 is 3.06 bits per heavy atom. The number of carbonyl (C=O) groups excluding carboxylic acids is 1. The number of aryl methyl sites for hydroxylation is 1. The lowest BCUT2D eigenvalue weighted by molar-refractivity contribution is -0.126. The van der Waals surface area contributed by atoms with Crippen molar-refractivity contribution < 1.29 is 14.6 Å². The van der Waals surface area contributed by atoms with Gasteiger partial charge >= 0.3 is 0 Å². The number of hydrogen-bond donors (Lipinski definition) is 2. The zero-order chi connectivity index (χ0) is 13.1. The summed E-state index contributed by atoms with van der Waals surface area (Å²) in [6.07, 6.45) is 3.19. The molecule has 18 heavy (non-hydrogen) atoms. The molecule has 0 saturated carbocycles. The Kier molecular flexibility index (Phi) is 3.98. The number of carbonyl (C=O) groups is 1. The fourth-order valence-electron chi connectivity index (χ4n) is 2.07. The van der Waals surface area contributed by atoms with Crippen molar-refractivity contribution in [2.75, 3.05) is 11.9 Å². The molecule has 2 rings (SSSR count). The van der Waals surface area contributed by atoms with Gasteiger partial charge in [0.25, 0.3) is 5.91 Å². The molecule has 1 amide bonds. The van der Waals surface area contributed by atoms with Crippen LogP contribution in [0.5, 0.6) is 0 Å². The Balaban J connectivity index is 1.98. The molecule has 0 bridgehead atoms. The smallest absolute Gasteiger partial charge is 0.253 e. The maximum atomic E-state index is 12.0. The molecule has 1 aromatic heterocycles. The van der Waals surface area contributed by atoms with Gasteiger partial charge in [0, 0.05) is 6.20 Å². The standard InChI is InChI=1S/C12H19N3O3/c1-8-3-4-11(18-8)12(17)13-10-7-15(5-6-16)14-9(10)2/h7-8,11,16H,3-6H2,1-2H3,(H,13,17). The van der Waals surface area contributed by atoms with Gasteiger partial charge in [-0.25, -0.2) is 0 Å². The highest BCUT2D eigenvalue weighted by Crippen LogP contribution is 2.21. The lowest BCUT2D eigenvalue weighted by atomic mass is 10.2. The fourth-order valence-corrected chi connectivity index (χ4v) is 2.07. The lowest BCUT2D eigenvalue weighted by Crippen LogP contribution is -2.27. The minimum Gasteiger partial charge on any atom is -0.394 e. The molecular formula is C12H19N3O3. The molecule has 100 valence electrons. The van der Waals surface area contributed by atoms with E-state index in [-0.39, 0.29) is 24.7 Å². The molecule has 2 atom stereocenters. The van der Waals surface area contributed by atoms with Crippen LogP contribution in [0, 0.1) is 6.92 Å². The summed E-state index contributed by atoms with van der Waals surface area (Å²) in [6.45, 7) is 4.24. The molecule has 2 heterocycles. The van der Waals surface area contributed by atoms with Crippen LogP contribution in [0.4, 0.5) is 5.69 Å². The molecule has 2 unspecified atom stereocenters. The van der Waals surface area contributed by atoms with E-state index in [4.69, 9.17) is 9.84 Å². The van der Waals surface area contributed by atoms with E-state index < -0.39 is 0 Å². The number of ether oxygens (including phenoxy) is 1. The number of anilines is 1. The van der Waals surface area contributed by atoms with Gasteiger partial charge in [-0.1, -0.05) is 0 Å². The zero-order valence-electron chi connectivity index (χ0n) is 10.7. The van der Waals surface area contributed by atoms with E-state index in [1.165, 1.54) is 0 Å². The van der Waals surface area contributed by atoms with E-state index in [0.29, 0.717) is 12.2 Å². The van der Waals surface area contributed by atoms with Crippen molar-refractivity contribution in [1.29, 1.82) is 0 Å². The molecule has 2 N–H and O–H groups in total. The molecule has 1 aliphatic rings. The van der Waals surface area contributed by atoms with Crippen molar-refractivity contribution in [2.24, 2.45) is 0 Å². The maximum absolute atomic E-state index is 12.0. The van der Waals surface area contributed by atoms with Gasteiger partial charge in [-0.2, -0.15) is 5.10 Å². The number of aliphatic hydroxyl groups is 1. The second-order valence-corrected chi connectivity index (χ2v) is 4.62. The van der Waals surface area contributed by atoms with Crippen molar-refractivity contribution in [3.8, 4) is 0 Å². The van der Waals surface area contributed by atoms with Crippen LogP contribution < -0.4 is 5.32 Å². The third kappa shape index (κ3) is 2.88. The van der Waals surface area contributed by atoms with E-state index in [1.54, 1.807) is 10.9 Å². The first-order valence-corrected chi connectivity index (χ1v) is 6.21. The Morgan fingerprint density at radius 2 is 2.44 bits per heavy atom. The van der Waals surface area contributed by atoms with Crippen molar-refractivity contribution in [3.05, 3.63) is 11.9 Å². The van der Waals surface area contributed by atoms with Crippen LogP contribution in [0.1, 0.15) is 25.5 Å². The number of aliphatic hydroxyl groups excluding tert-OH is 1. The number of hydrogen-bond acceptors (Lipinski definition) is 4. The summed E-state index contributed by atoms with van der Waals surface area (Å²) < 4.78 is 7.12. The van der Waals surface area contributed by atoms with Crippen molar-refractivity contribution >= 4 is 11.6 Å². The fraction of sp³-hybridized carbons (Fsp3) is 0.667. The summed E-state index contributed by atoms with van der Waals surface area (Å²) in [5, 5.41) is 15.9. The first-order valence-electron chi connectivity index (χ1n) is 6.21. The van der Waals surface area contributed by atoms with Gasteiger partial charge in [0.2, 0.25) is 0 Å². The second-order valence-electron chi connectivity index (χ2n) is 4.62. The summed E-state index contributed by atoms with van der Waals surface area (Å²) >= 11 is 0. The Hall–Kier alpha value is -1.40. The SMILES string of the molecule is Cc1nn(CCO)cc1NC(=O)C1CCC(C)O1. The third-order valence-electron chi connectivity index (χ3n) is 3.06. The van der Waals surface area contributed by atoms with Crippen molar-refractivity contribution in [2.45, 2.75) is 45.4 Å². The number of nitrogens with one attached hydrogen (secondary N) is 1. The van der Waals surface area contributed by atoms with Crippen LogP contribution in [0.2, 0.25) is 0 Å². The van der Waals surface area contributed by atoms with Gasteiger partial charge in [-0.15, -0.1) is 0 Å². The number of nitrogens with zero attached hydrogens (tertiary/aromatic N) is 2. The molecule has 0 spiro atoms. The molecule has 0 radical (unpaired) electrons. The quantitative estimate of drug-likeness (QED) is 0.827. The molecule has 1 aliphatic heterocycles. The Labute approximate surface area is 106 Å². The number of rotatable bonds is 4. The monoisotopic (exact) mass is 253 g/mol. The van der Waals surface area contributed by atoms with Crippen LogP contribution in [0.25, 0.3) is 0 Å². The zero-order valence-corrected chi connectivity index (χ0v) is 10.7. The van der Waals surface area contributed by atoms with Gasteiger partial charge in [0.1, 0.15) is 6.10 Å². The second kappa shape index (κ2) is 5.49. The molecule has 0 aromatic carbocycles. The minimum absolute atomic E-state index is 0.0256. The van der Waals surface area contributed by atoms with Crippen LogP contribution in [0.15, 0.2) is 6.20 Å². The van der Waals surface area contributed by atoms with E-state index in [9.17, 15) is 4.79 Å². The Morgan fingerprint density at radius 1 is 1.67 bits per heavy atom. The molecule has 6 heteroatoms. The average Bonchev–Trinajstić information content (AvgIpc) is 2.87. The largest absolute Gasteiger partial charge is 0.394 e. The summed E-state index contributed by atoms with van der Waals surface area (Å²) in [7, 11) is 0. The molecule has 1 saturated heterocycles. The third-order valence-corrected chi connectivity index (χ3v) is 3.06. The molecule has 0 aliphatic carbocycles. The van der Waals surface area contributed by atoms with Crippen LogP contribution in [0.3, 0.4) is 0 Å². The van der Waals surface area contributed by atoms with Crippen LogP contribution in [-0.4, -0.2) is 39.6 Å². The maximum Gasteiger partial charge on any atom is 0.253 e. The molecule has 1 aromatic rings. The highest BCUT2D eigenvalue weighted by molar-refractivity contribution is 5.94. The van der Waals surface area contributed by atoms with Crippen molar-refractivity contribution in [3.63, 3.8) is 0 Å². The first-order chi connectivity index (χ1) is 8.60. The van der Waals surface area contributed by atoms with Gasteiger partial charge < -0.3 is 15.2 Å². The molecule has 1 fully saturated rings. The van der Waals surface area contributed by atoms with E-state index in [0.717, 1.165) is 18.5 Å². The van der Waals surface area contributed by atoms with E-state index in [1.807, 2.05) is 13.8 Å². The normalized spacial score (nSPS) is 23.3. The van der Waals surface area contributed by atoms with Crippen molar-refractivity contribution in [1.82, 2.24) is 9.78 Å². The van der Waals surface area contributed by atoms with E-state index in [2.05, 4.69) is 10.4 Å². The average molecular weight is 253 g/mol. The van der Waals surface area contributed by atoms with Crippen LogP contribution >= 0.6 is 0 Å². The van der Waals surface area contributed by atoms with Gasteiger partial charge in [-0.3, -0.25) is 9.48 Å². The lowest BCUT2D eigenvalue weighted by Gasteiger charge is -2.10. The highest BCUT2D eigenvalue weighted by Gasteiger charge is 2.28.